The SMILES string of the molecule is COC(=O)CNC(=S)N1CCC(c2nc(C(=O)Nc3ccccc3C3=CC=C(O)CC3)cs2)CC1. The summed E-state index contributed by atoms with van der Waals surface area (Å²) in [4.78, 5) is 31.0. The minimum Gasteiger partial charge on any atom is -0.512 e. The molecule has 2 aromatic rings. The molecular formula is C25H28N4O4S2. The van der Waals surface area contributed by atoms with Gasteiger partial charge in [0.25, 0.3) is 5.91 Å². The number of allylic oxidation sites excluding steroid dienone is 4. The van der Waals surface area contributed by atoms with E-state index < -0.39 is 0 Å². The van der Waals surface area contributed by atoms with E-state index in [4.69, 9.17) is 12.2 Å². The van der Waals surface area contributed by atoms with Crippen molar-refractivity contribution in [2.24, 2.45) is 0 Å². The van der Waals surface area contributed by atoms with Crippen molar-refractivity contribution in [2.45, 2.75) is 31.6 Å². The van der Waals surface area contributed by atoms with E-state index >= 15 is 0 Å². The van der Waals surface area contributed by atoms with Crippen LogP contribution in [0.1, 0.15) is 52.7 Å². The number of hydrogen-bond donors (Lipinski definition) is 3. The number of nitrogens with one attached hydrogen (secondary N) is 2. The molecule has 0 saturated carbocycles. The van der Waals surface area contributed by atoms with E-state index in [0.717, 1.165) is 54.2 Å². The van der Waals surface area contributed by atoms with Gasteiger partial charge >= 0.3 is 5.97 Å². The van der Waals surface area contributed by atoms with E-state index in [1.165, 1.54) is 18.4 Å². The summed E-state index contributed by atoms with van der Waals surface area (Å²) in [5, 5.41) is 18.9. The first-order valence-corrected chi connectivity index (χ1v) is 12.8. The number of thiazole rings is 1. The van der Waals surface area contributed by atoms with Gasteiger partial charge in [0.05, 0.1) is 17.9 Å². The molecule has 4 rings (SSSR count). The number of hydrogen-bond acceptors (Lipinski definition) is 7. The number of rotatable bonds is 6. The fourth-order valence-electron chi connectivity index (χ4n) is 4.15. The number of amides is 1. The number of aliphatic hydroxyl groups excluding tert-OH is 1. The average molecular weight is 513 g/mol. The Balaban J connectivity index is 1.35. The lowest BCUT2D eigenvalue weighted by molar-refractivity contribution is -0.139. The van der Waals surface area contributed by atoms with Crippen molar-refractivity contribution in [3.63, 3.8) is 0 Å². The van der Waals surface area contributed by atoms with Crippen LogP contribution < -0.4 is 10.6 Å². The van der Waals surface area contributed by atoms with Gasteiger partial charge in [-0.3, -0.25) is 9.59 Å². The molecule has 1 saturated heterocycles. The van der Waals surface area contributed by atoms with Crippen LogP contribution in [0.3, 0.4) is 0 Å². The average Bonchev–Trinajstić information content (AvgIpc) is 3.39. The highest BCUT2D eigenvalue weighted by Crippen LogP contribution is 2.33. The number of esters is 1. The van der Waals surface area contributed by atoms with Crippen LogP contribution in [-0.2, 0) is 9.53 Å². The zero-order valence-corrected chi connectivity index (χ0v) is 21.1. The third kappa shape index (κ3) is 6.26. The molecule has 2 heterocycles. The van der Waals surface area contributed by atoms with Gasteiger partial charge in [0, 0.05) is 42.1 Å². The molecule has 8 nitrogen and oxygen atoms in total. The number of methoxy groups -OCH3 is 1. The first kappa shape index (κ1) is 24.9. The summed E-state index contributed by atoms with van der Waals surface area (Å²) in [6.07, 6.45) is 6.65. The molecule has 184 valence electrons. The summed E-state index contributed by atoms with van der Waals surface area (Å²) in [5.41, 5.74) is 3.16. The topological polar surface area (TPSA) is 104 Å². The standard InChI is InChI=1S/C25H28N4O4S2/c1-33-22(31)14-26-25(34)29-12-10-17(11-13-29)24-28-21(15-35-24)23(32)27-20-5-3-2-4-19(20)16-6-8-18(30)9-7-16/h2-6,8,15,17,30H,7,9-14H2,1H3,(H,26,34)(H,27,32). The fraction of sp³-hybridized carbons (Fsp3) is 0.360. The van der Waals surface area contributed by atoms with Crippen molar-refractivity contribution < 1.29 is 19.4 Å². The molecule has 0 spiro atoms. The molecule has 1 aromatic heterocycles. The van der Waals surface area contributed by atoms with Crippen LogP contribution in [0, 0.1) is 0 Å². The lowest BCUT2D eigenvalue weighted by atomic mass is 9.95. The maximum Gasteiger partial charge on any atom is 0.325 e. The fourth-order valence-corrected chi connectivity index (χ4v) is 5.38. The second kappa shape index (κ2) is 11.5. The van der Waals surface area contributed by atoms with Crippen molar-refractivity contribution in [3.8, 4) is 0 Å². The van der Waals surface area contributed by atoms with E-state index in [1.54, 1.807) is 6.08 Å². The minimum atomic E-state index is -0.356. The van der Waals surface area contributed by atoms with Crippen molar-refractivity contribution in [1.82, 2.24) is 15.2 Å². The number of anilines is 1. The summed E-state index contributed by atoms with van der Waals surface area (Å²) >= 11 is 6.89. The predicted octanol–water partition coefficient (Wildman–Crippen LogP) is 4.24. The van der Waals surface area contributed by atoms with Gasteiger partial charge in [-0.15, -0.1) is 11.3 Å². The molecule has 0 radical (unpaired) electrons. The van der Waals surface area contributed by atoms with Crippen molar-refractivity contribution in [1.29, 1.82) is 0 Å². The van der Waals surface area contributed by atoms with Gasteiger partial charge < -0.3 is 25.4 Å². The Morgan fingerprint density at radius 1 is 1.23 bits per heavy atom. The Morgan fingerprint density at radius 2 is 2.00 bits per heavy atom. The number of benzene rings is 1. The first-order valence-electron chi connectivity index (χ1n) is 11.5. The van der Waals surface area contributed by atoms with Gasteiger partial charge in [-0.05, 0) is 49.2 Å². The molecule has 35 heavy (non-hydrogen) atoms. The summed E-state index contributed by atoms with van der Waals surface area (Å²) in [5.74, 6) is 0.0427. The van der Waals surface area contributed by atoms with Gasteiger partial charge in [0.1, 0.15) is 12.2 Å². The molecule has 1 amide bonds. The number of aliphatic hydroxyl groups is 1. The van der Waals surface area contributed by atoms with Crippen LogP contribution in [0.4, 0.5) is 5.69 Å². The number of carbonyl (C=O) groups excluding carboxylic acids is 2. The summed E-state index contributed by atoms with van der Waals surface area (Å²) in [7, 11) is 1.35. The molecule has 1 aliphatic heterocycles. The largest absolute Gasteiger partial charge is 0.512 e. The monoisotopic (exact) mass is 512 g/mol. The maximum atomic E-state index is 13.0. The predicted molar refractivity (Wildman–Crippen MR) is 141 cm³/mol. The Labute approximate surface area is 213 Å². The molecule has 3 N–H and O–H groups in total. The molecule has 1 fully saturated rings. The zero-order chi connectivity index (χ0) is 24.8. The van der Waals surface area contributed by atoms with E-state index in [1.807, 2.05) is 40.6 Å². The highest BCUT2D eigenvalue weighted by atomic mass is 32.1. The number of para-hydroxylation sites is 1. The number of carbonyl (C=O) groups is 2. The second-order valence-electron chi connectivity index (χ2n) is 8.42. The van der Waals surface area contributed by atoms with Gasteiger partial charge in [-0.1, -0.05) is 24.3 Å². The lowest BCUT2D eigenvalue weighted by Crippen LogP contribution is -2.45. The van der Waals surface area contributed by atoms with E-state index in [0.29, 0.717) is 23.0 Å². The van der Waals surface area contributed by atoms with E-state index in [2.05, 4.69) is 20.4 Å². The van der Waals surface area contributed by atoms with Crippen LogP contribution in [0.15, 0.2) is 47.6 Å². The molecule has 2 aliphatic rings. The third-order valence-corrected chi connectivity index (χ3v) is 7.56. The molecular weight excluding hydrogens is 484 g/mol. The minimum absolute atomic E-state index is 0.0554. The van der Waals surface area contributed by atoms with Crippen LogP contribution in [0.25, 0.3) is 5.57 Å². The number of nitrogens with zero attached hydrogens (tertiary/aromatic N) is 2. The van der Waals surface area contributed by atoms with Crippen LogP contribution >= 0.6 is 23.6 Å². The smallest absolute Gasteiger partial charge is 0.325 e. The molecule has 0 bridgehead atoms. The highest BCUT2D eigenvalue weighted by molar-refractivity contribution is 7.80. The normalized spacial score (nSPS) is 16.2. The Morgan fingerprint density at radius 3 is 2.71 bits per heavy atom. The van der Waals surface area contributed by atoms with Gasteiger partial charge in [0.2, 0.25) is 0 Å². The Kier molecular flexibility index (Phi) is 8.14. The molecule has 0 unspecified atom stereocenters. The molecule has 0 atom stereocenters. The van der Waals surface area contributed by atoms with Gasteiger partial charge in [-0.2, -0.15) is 0 Å². The third-order valence-electron chi connectivity index (χ3n) is 6.15. The number of piperidine rings is 1. The summed E-state index contributed by atoms with van der Waals surface area (Å²) in [6, 6.07) is 7.68. The number of ether oxygens (including phenoxy) is 1. The number of aromatic nitrogens is 1. The number of thiocarbonyl (C=S) groups is 1. The molecule has 1 aliphatic carbocycles. The van der Waals surface area contributed by atoms with Crippen LogP contribution in [0.5, 0.6) is 0 Å². The molecule has 1 aromatic carbocycles. The Bertz CT molecular complexity index is 1170. The second-order valence-corrected chi connectivity index (χ2v) is 9.69. The van der Waals surface area contributed by atoms with Crippen molar-refractivity contribution in [3.05, 3.63) is 63.8 Å². The molecule has 10 heteroatoms. The highest BCUT2D eigenvalue weighted by Gasteiger charge is 2.25. The quantitative estimate of drug-likeness (QED) is 0.390. The maximum absolute atomic E-state index is 13.0. The van der Waals surface area contributed by atoms with Crippen molar-refractivity contribution in [2.75, 3.05) is 32.1 Å². The van der Waals surface area contributed by atoms with Gasteiger partial charge in [0.15, 0.2) is 5.11 Å². The lowest BCUT2D eigenvalue weighted by Gasteiger charge is -2.33. The first-order chi connectivity index (χ1) is 16.9. The van der Waals surface area contributed by atoms with Crippen molar-refractivity contribution >= 4 is 51.8 Å². The van der Waals surface area contributed by atoms with Gasteiger partial charge in [-0.25, -0.2) is 4.98 Å². The summed E-state index contributed by atoms with van der Waals surface area (Å²) in [6.45, 7) is 1.57. The van der Waals surface area contributed by atoms with E-state index in [-0.39, 0.29) is 24.3 Å². The van der Waals surface area contributed by atoms with Crippen LogP contribution in [0.2, 0.25) is 0 Å². The number of likely N-dealkylation sites (tertiary alicyclic amines) is 1. The Hall–Kier alpha value is -3.24. The summed E-state index contributed by atoms with van der Waals surface area (Å²) < 4.78 is 4.63. The van der Waals surface area contributed by atoms with Crippen LogP contribution in [-0.4, -0.2) is 58.7 Å². The zero-order valence-electron chi connectivity index (χ0n) is 19.5. The van der Waals surface area contributed by atoms with E-state index in [9.17, 15) is 14.7 Å².